The molecule has 1 saturated heterocycles. The number of hydrogen-bond donors (Lipinski definition) is 4. The second-order valence-electron chi connectivity index (χ2n) is 20.2. The number of aromatic nitrogens is 3. The Balaban J connectivity index is 1.63. The Hall–Kier alpha value is -0.840. The fraction of sp³-hybridized carbons (Fsp3) is 0.927. The lowest BCUT2D eigenvalue weighted by molar-refractivity contribution is -0.301. The van der Waals surface area contributed by atoms with Gasteiger partial charge in [0.25, 0.3) is 0 Å². The largest absolute Gasteiger partial charge is 0.466 e. The molecule has 19 heteroatoms. The van der Waals surface area contributed by atoms with Crippen LogP contribution in [0.4, 0.5) is 0 Å². The fourth-order valence-corrected chi connectivity index (χ4v) is 13.2. The Morgan fingerprint density at radius 2 is 1.04 bits per heavy atom. The maximum Gasteiger partial charge on any atom is 0.307 e. The highest BCUT2D eigenvalue weighted by Gasteiger charge is 2.44. The maximum absolute atomic E-state index is 12.8. The molecule has 5 atom stereocenters. The van der Waals surface area contributed by atoms with Gasteiger partial charge in [-0.3, -0.25) is 9.59 Å². The lowest BCUT2D eigenvalue weighted by Crippen LogP contribution is -2.59. The van der Waals surface area contributed by atoms with Crippen LogP contribution in [-0.4, -0.2) is 177 Å². The van der Waals surface area contributed by atoms with E-state index in [-0.39, 0.29) is 18.5 Å². The third-order valence-corrected chi connectivity index (χ3v) is 18.5. The van der Waals surface area contributed by atoms with Crippen molar-refractivity contribution in [1.82, 2.24) is 24.8 Å². The fourth-order valence-electron chi connectivity index (χ4n) is 8.65. The van der Waals surface area contributed by atoms with Crippen molar-refractivity contribution in [2.75, 3.05) is 89.2 Å². The predicted molar refractivity (Wildman–Crippen MR) is 310 cm³/mol. The molecule has 0 unspecified atom stereocenters. The first-order valence-corrected chi connectivity index (χ1v) is 34.2. The van der Waals surface area contributed by atoms with Crippen LogP contribution in [0.5, 0.6) is 0 Å². The molecule has 0 amide bonds. The van der Waals surface area contributed by atoms with E-state index in [1.54, 1.807) is 4.68 Å². The first-order chi connectivity index (χ1) is 36.2. The highest BCUT2D eigenvalue weighted by Crippen LogP contribution is 2.26. The van der Waals surface area contributed by atoms with E-state index < -0.39 is 37.3 Å². The molecule has 0 aromatic carbocycles. The number of hydrogen-bond acceptors (Lipinski definition) is 18. The molecule has 1 aliphatic heterocycles. The Morgan fingerprint density at radius 1 is 0.581 bits per heavy atom. The average molecular weight is 1120 g/mol. The molecule has 15 nitrogen and oxygen atoms in total. The number of carbonyl (C=O) groups excluding carboxylic acids is 2. The molecule has 0 aliphatic carbocycles. The van der Waals surface area contributed by atoms with Crippen molar-refractivity contribution >= 4 is 55.1 Å². The van der Waals surface area contributed by atoms with Crippen LogP contribution in [0.3, 0.4) is 0 Å². The summed E-state index contributed by atoms with van der Waals surface area (Å²) >= 11 is 0. The van der Waals surface area contributed by atoms with Crippen LogP contribution in [0.15, 0.2) is 6.20 Å². The summed E-state index contributed by atoms with van der Waals surface area (Å²) in [5.74, 6) is 4.52. The van der Waals surface area contributed by atoms with E-state index >= 15 is 0 Å². The summed E-state index contributed by atoms with van der Waals surface area (Å²) in [6.07, 6.45) is 29.0. The number of ether oxygens (including phenoxy) is 4. The van der Waals surface area contributed by atoms with Crippen molar-refractivity contribution in [2.45, 2.75) is 237 Å². The molecule has 74 heavy (non-hydrogen) atoms. The van der Waals surface area contributed by atoms with E-state index in [9.17, 15) is 30.0 Å². The third-order valence-electron chi connectivity index (χ3n) is 13.4. The van der Waals surface area contributed by atoms with Crippen molar-refractivity contribution in [3.63, 3.8) is 0 Å². The molecule has 0 bridgehead atoms. The van der Waals surface area contributed by atoms with Gasteiger partial charge in [-0.2, -0.15) is 0 Å². The first-order valence-electron chi connectivity index (χ1n) is 29.2. The summed E-state index contributed by atoms with van der Waals surface area (Å²) in [7, 11) is 10.1. The quantitative estimate of drug-likeness (QED) is 0.0274. The Kier molecular flexibility index (Phi) is 46.1. The topological polar surface area (TPSA) is 189 Å². The van der Waals surface area contributed by atoms with E-state index in [0.717, 1.165) is 83.1 Å². The number of aryl methyl sites for hydroxylation is 1. The molecule has 2 rings (SSSR count). The van der Waals surface area contributed by atoms with Crippen molar-refractivity contribution < 1.29 is 49.0 Å². The summed E-state index contributed by atoms with van der Waals surface area (Å²) in [6, 6.07) is 0. The molecule has 0 radical (unpaired) electrons. The maximum atomic E-state index is 12.8. The second-order valence-corrected chi connectivity index (χ2v) is 25.6. The number of aliphatic hydroxyl groups is 4. The predicted octanol–water partition coefficient (Wildman–Crippen LogP) is 10.7. The Morgan fingerprint density at radius 3 is 1.53 bits per heavy atom. The number of nitrogens with zero attached hydrogens (tertiary/aromatic N) is 5. The molecular weight excluding hydrogens is 1020 g/mol. The minimum absolute atomic E-state index is 0.116. The standard InChI is InChI=1S/C55H105N5O10S4/c1-4-6-8-10-12-14-18-24-42-71-73-44-26-20-16-22-39-67-50(62)31-36-59(37-32-51(63)68-40-23-17-21-27-45-74-72-43-25-19-15-13-11-9-7-5-2)35-29-34-58(3)33-28-30-48-46-60(57-56-48)38-41-69-55-54(66)53(65)52(64)49(47-61)70-55/h46,49,52-55,61,64-66H,4-45,47H2,1-3H3/t49-,52-,53+,54-,55-/m0/s1. The monoisotopic (exact) mass is 1120 g/mol. The Bertz CT molecular complexity index is 1390. The van der Waals surface area contributed by atoms with Crippen LogP contribution in [0, 0.1) is 0 Å². The van der Waals surface area contributed by atoms with Gasteiger partial charge in [0.2, 0.25) is 0 Å². The van der Waals surface area contributed by atoms with Crippen LogP contribution in [-0.2, 0) is 41.5 Å². The molecule has 4 N–H and O–H groups in total. The zero-order valence-corrected chi connectivity index (χ0v) is 49.7. The van der Waals surface area contributed by atoms with Crippen molar-refractivity contribution in [3.05, 3.63) is 11.9 Å². The van der Waals surface area contributed by atoms with E-state index in [2.05, 4.69) is 41.0 Å². The van der Waals surface area contributed by atoms with Gasteiger partial charge >= 0.3 is 11.9 Å². The van der Waals surface area contributed by atoms with Crippen LogP contribution in [0.2, 0.25) is 0 Å². The first kappa shape index (κ1) is 69.3. The van der Waals surface area contributed by atoms with Crippen molar-refractivity contribution in [1.29, 1.82) is 0 Å². The molecule has 0 saturated carbocycles. The average Bonchev–Trinajstić information content (AvgIpc) is 3.85. The molecule has 1 fully saturated rings. The van der Waals surface area contributed by atoms with Gasteiger partial charge in [-0.1, -0.05) is 178 Å². The van der Waals surface area contributed by atoms with Crippen molar-refractivity contribution in [3.8, 4) is 0 Å². The normalized spacial score (nSPS) is 18.0. The van der Waals surface area contributed by atoms with Crippen LogP contribution >= 0.6 is 43.2 Å². The number of aliphatic hydroxyl groups excluding tert-OH is 4. The zero-order chi connectivity index (χ0) is 53.5. The van der Waals surface area contributed by atoms with Gasteiger partial charge in [0.05, 0.1) is 51.5 Å². The summed E-state index contributed by atoms with van der Waals surface area (Å²) in [5.41, 5.74) is 0.845. The van der Waals surface area contributed by atoms with Gasteiger partial charge in [-0.05, 0) is 84.5 Å². The van der Waals surface area contributed by atoms with E-state index in [4.69, 9.17) is 18.9 Å². The summed E-state index contributed by atoms with van der Waals surface area (Å²) < 4.78 is 23.9. The second kappa shape index (κ2) is 49.2. The minimum Gasteiger partial charge on any atom is -0.466 e. The van der Waals surface area contributed by atoms with E-state index in [1.807, 2.05) is 49.4 Å². The van der Waals surface area contributed by atoms with Gasteiger partial charge in [0.15, 0.2) is 6.29 Å². The molecule has 1 aliphatic rings. The third kappa shape index (κ3) is 37.9. The molecular formula is C55H105N5O10S4. The lowest BCUT2D eigenvalue weighted by atomic mass is 9.99. The van der Waals surface area contributed by atoms with Gasteiger partial charge in [-0.25, -0.2) is 4.68 Å². The molecule has 0 spiro atoms. The van der Waals surface area contributed by atoms with E-state index in [0.29, 0.717) is 45.7 Å². The number of esters is 2. The molecule has 2 heterocycles. The van der Waals surface area contributed by atoms with Crippen LogP contribution < -0.4 is 0 Å². The van der Waals surface area contributed by atoms with Crippen molar-refractivity contribution in [2.24, 2.45) is 0 Å². The molecule has 1 aromatic heterocycles. The molecule has 1 aromatic rings. The minimum atomic E-state index is -1.49. The van der Waals surface area contributed by atoms with Crippen LogP contribution in [0.1, 0.15) is 199 Å². The SMILES string of the molecule is CCCCCCCCCCSSCCCCCCOC(=O)CCN(CCCN(C)CCCc1cn(CCO[C@H]2O[C@@H](CO)[C@H](O)[C@@H](O)[C@@H]2O)nn1)CCC(=O)OCCCCCCSSCCCCCCCCCC. The van der Waals surface area contributed by atoms with Gasteiger partial charge < -0.3 is 49.2 Å². The summed E-state index contributed by atoms with van der Waals surface area (Å²) in [4.78, 5) is 30.1. The molecule has 434 valence electrons. The number of carbonyl (C=O) groups is 2. The van der Waals surface area contributed by atoms with Crippen LogP contribution in [0.25, 0.3) is 0 Å². The number of rotatable bonds is 53. The highest BCUT2D eigenvalue weighted by atomic mass is 33.1. The van der Waals surface area contributed by atoms with E-state index in [1.165, 1.54) is 139 Å². The number of unbranched alkanes of at least 4 members (excludes halogenated alkanes) is 20. The van der Waals surface area contributed by atoms with Gasteiger partial charge in [0, 0.05) is 42.3 Å². The highest BCUT2D eigenvalue weighted by molar-refractivity contribution is 8.77. The smallest absolute Gasteiger partial charge is 0.307 e. The zero-order valence-electron chi connectivity index (χ0n) is 46.5. The Labute approximate surface area is 464 Å². The summed E-state index contributed by atoms with van der Waals surface area (Å²) in [6.45, 7) is 8.97. The lowest BCUT2D eigenvalue weighted by Gasteiger charge is -2.39. The van der Waals surface area contributed by atoms with Gasteiger partial charge in [-0.15, -0.1) is 5.10 Å². The summed E-state index contributed by atoms with van der Waals surface area (Å²) in [5, 5.41) is 48.1. The van der Waals surface area contributed by atoms with Gasteiger partial charge in [0.1, 0.15) is 24.4 Å².